The van der Waals surface area contributed by atoms with E-state index >= 15 is 0 Å². The molecule has 1 heterocycles. The van der Waals surface area contributed by atoms with Gasteiger partial charge in [0.15, 0.2) is 0 Å². The lowest BCUT2D eigenvalue weighted by Crippen LogP contribution is -2.42. The Morgan fingerprint density at radius 2 is 1.96 bits per heavy atom. The van der Waals surface area contributed by atoms with Crippen LogP contribution in [0.5, 0.6) is 5.75 Å². The lowest BCUT2D eigenvalue weighted by molar-refractivity contribution is -0.150. The Bertz CT molecular complexity index is 580. The van der Waals surface area contributed by atoms with E-state index in [2.05, 4.69) is 0 Å². The van der Waals surface area contributed by atoms with Crippen molar-refractivity contribution < 1.29 is 19.1 Å². The van der Waals surface area contributed by atoms with Gasteiger partial charge in [0.25, 0.3) is 0 Å². The number of hydrogen-bond acceptors (Lipinski definition) is 4. The number of hydrogen-bond donors (Lipinski definition) is 0. The van der Waals surface area contributed by atoms with Gasteiger partial charge >= 0.3 is 5.97 Å². The van der Waals surface area contributed by atoms with Crippen LogP contribution in [-0.4, -0.2) is 43.1 Å². The number of nitrogens with zero attached hydrogens (tertiary/aromatic N) is 1. The molecule has 5 heteroatoms. The van der Waals surface area contributed by atoms with Gasteiger partial charge in [0.05, 0.1) is 19.1 Å². The van der Waals surface area contributed by atoms with Gasteiger partial charge in [0.2, 0.25) is 5.91 Å². The molecule has 1 atom stereocenters. The molecule has 1 aromatic rings. The van der Waals surface area contributed by atoms with Crippen LogP contribution in [0.1, 0.15) is 32.3 Å². The Morgan fingerprint density at radius 3 is 2.62 bits per heavy atom. The fraction of sp³-hybridized carbons (Fsp3) is 0.474. The minimum absolute atomic E-state index is 0.0714. The SMILES string of the molecule is CCOC(=O)C1CCCN(C(=O)/C=C/c2ccc(OCC)cc2)C1. The molecule has 2 rings (SSSR count). The number of carbonyl (C=O) groups excluding carboxylic acids is 2. The van der Waals surface area contributed by atoms with Gasteiger partial charge in [0.1, 0.15) is 5.75 Å². The topological polar surface area (TPSA) is 55.8 Å². The first kappa shape index (κ1) is 18.0. The molecule has 0 aromatic heterocycles. The van der Waals surface area contributed by atoms with Crippen molar-refractivity contribution in [3.05, 3.63) is 35.9 Å². The Morgan fingerprint density at radius 1 is 1.21 bits per heavy atom. The molecule has 5 nitrogen and oxygen atoms in total. The van der Waals surface area contributed by atoms with Crippen molar-refractivity contribution >= 4 is 18.0 Å². The summed E-state index contributed by atoms with van der Waals surface area (Å²) in [5, 5.41) is 0. The lowest BCUT2D eigenvalue weighted by atomic mass is 9.98. The number of rotatable bonds is 6. The monoisotopic (exact) mass is 331 g/mol. The molecular weight excluding hydrogens is 306 g/mol. The molecule has 1 aromatic carbocycles. The van der Waals surface area contributed by atoms with E-state index in [-0.39, 0.29) is 17.8 Å². The molecule has 1 aliphatic heterocycles. The average Bonchev–Trinajstić information content (AvgIpc) is 2.61. The highest BCUT2D eigenvalue weighted by Gasteiger charge is 2.28. The first-order chi connectivity index (χ1) is 11.6. The smallest absolute Gasteiger partial charge is 0.310 e. The van der Waals surface area contributed by atoms with Gasteiger partial charge in [-0.1, -0.05) is 12.1 Å². The number of ether oxygens (including phenoxy) is 2. The van der Waals surface area contributed by atoms with Crippen molar-refractivity contribution in [3.8, 4) is 5.75 Å². The molecule has 0 spiro atoms. The minimum atomic E-state index is -0.207. The van der Waals surface area contributed by atoms with Crippen molar-refractivity contribution in [2.75, 3.05) is 26.3 Å². The van der Waals surface area contributed by atoms with Crippen LogP contribution in [0.15, 0.2) is 30.3 Å². The highest BCUT2D eigenvalue weighted by atomic mass is 16.5. The van der Waals surface area contributed by atoms with Crippen LogP contribution in [0.4, 0.5) is 0 Å². The first-order valence-electron chi connectivity index (χ1n) is 8.50. The van der Waals surface area contributed by atoms with Crippen molar-refractivity contribution in [2.45, 2.75) is 26.7 Å². The van der Waals surface area contributed by atoms with Crippen LogP contribution in [0.2, 0.25) is 0 Å². The van der Waals surface area contributed by atoms with E-state index in [1.807, 2.05) is 31.2 Å². The van der Waals surface area contributed by atoms with Gasteiger partial charge in [0, 0.05) is 19.2 Å². The Balaban J connectivity index is 1.92. The third-order valence-corrected chi connectivity index (χ3v) is 3.96. The molecule has 1 unspecified atom stereocenters. The van der Waals surface area contributed by atoms with Crippen LogP contribution in [0, 0.1) is 5.92 Å². The van der Waals surface area contributed by atoms with Gasteiger partial charge < -0.3 is 14.4 Å². The van der Waals surface area contributed by atoms with Gasteiger partial charge in [-0.3, -0.25) is 9.59 Å². The predicted molar refractivity (Wildman–Crippen MR) is 92.6 cm³/mol. The number of piperidine rings is 1. The molecule has 24 heavy (non-hydrogen) atoms. The molecule has 1 aliphatic rings. The highest BCUT2D eigenvalue weighted by molar-refractivity contribution is 5.92. The van der Waals surface area contributed by atoms with Crippen molar-refractivity contribution in [3.63, 3.8) is 0 Å². The first-order valence-corrected chi connectivity index (χ1v) is 8.50. The van der Waals surface area contributed by atoms with Crippen LogP contribution in [-0.2, 0) is 14.3 Å². The summed E-state index contributed by atoms with van der Waals surface area (Å²) in [6.07, 6.45) is 4.95. The van der Waals surface area contributed by atoms with Crippen LogP contribution >= 0.6 is 0 Å². The Labute approximate surface area is 143 Å². The number of amides is 1. The fourth-order valence-electron chi connectivity index (χ4n) is 2.74. The van der Waals surface area contributed by atoms with E-state index in [0.29, 0.717) is 26.3 Å². The quantitative estimate of drug-likeness (QED) is 0.594. The van der Waals surface area contributed by atoms with Crippen LogP contribution in [0.25, 0.3) is 6.08 Å². The van der Waals surface area contributed by atoms with Crippen LogP contribution in [0.3, 0.4) is 0 Å². The molecule has 0 N–H and O–H groups in total. The molecule has 0 aliphatic carbocycles. The summed E-state index contributed by atoms with van der Waals surface area (Å²) in [5.74, 6) is 0.333. The number of carbonyl (C=O) groups is 2. The summed E-state index contributed by atoms with van der Waals surface area (Å²) >= 11 is 0. The van der Waals surface area contributed by atoms with Crippen LogP contribution < -0.4 is 4.74 Å². The highest BCUT2D eigenvalue weighted by Crippen LogP contribution is 2.19. The maximum Gasteiger partial charge on any atom is 0.310 e. The minimum Gasteiger partial charge on any atom is -0.494 e. The standard InChI is InChI=1S/C19H25NO4/c1-3-23-17-10-7-15(8-11-17)9-12-18(21)20-13-5-6-16(14-20)19(22)24-4-2/h7-12,16H,3-6,13-14H2,1-2H3/b12-9+. The molecule has 1 fully saturated rings. The van der Waals surface area contributed by atoms with Crippen molar-refractivity contribution in [1.82, 2.24) is 4.90 Å². The second-order valence-electron chi connectivity index (χ2n) is 5.71. The zero-order valence-corrected chi connectivity index (χ0v) is 14.4. The molecular formula is C19H25NO4. The molecule has 130 valence electrons. The third-order valence-electron chi connectivity index (χ3n) is 3.96. The van der Waals surface area contributed by atoms with Gasteiger partial charge in [-0.2, -0.15) is 0 Å². The zero-order chi connectivity index (χ0) is 17.4. The Hall–Kier alpha value is -2.30. The average molecular weight is 331 g/mol. The zero-order valence-electron chi connectivity index (χ0n) is 14.4. The molecule has 1 amide bonds. The van der Waals surface area contributed by atoms with Gasteiger partial charge in [-0.15, -0.1) is 0 Å². The normalized spacial score (nSPS) is 17.8. The maximum absolute atomic E-state index is 12.3. The predicted octanol–water partition coefficient (Wildman–Crippen LogP) is 2.90. The summed E-state index contributed by atoms with van der Waals surface area (Å²) in [5.41, 5.74) is 0.936. The van der Waals surface area contributed by atoms with Gasteiger partial charge in [-0.05, 0) is 50.5 Å². The largest absolute Gasteiger partial charge is 0.494 e. The summed E-state index contributed by atoms with van der Waals surface area (Å²) < 4.78 is 10.5. The van der Waals surface area contributed by atoms with E-state index in [0.717, 1.165) is 24.2 Å². The number of esters is 1. The second-order valence-corrected chi connectivity index (χ2v) is 5.71. The second kappa shape index (κ2) is 9.11. The molecule has 0 bridgehead atoms. The number of likely N-dealkylation sites (tertiary alicyclic amines) is 1. The summed E-state index contributed by atoms with van der Waals surface area (Å²) in [7, 11) is 0. The summed E-state index contributed by atoms with van der Waals surface area (Å²) in [6.45, 7) is 5.86. The molecule has 1 saturated heterocycles. The van der Waals surface area contributed by atoms with E-state index in [9.17, 15) is 9.59 Å². The van der Waals surface area contributed by atoms with Gasteiger partial charge in [-0.25, -0.2) is 0 Å². The van der Waals surface area contributed by atoms with E-state index < -0.39 is 0 Å². The maximum atomic E-state index is 12.3. The lowest BCUT2D eigenvalue weighted by Gasteiger charge is -2.30. The summed E-state index contributed by atoms with van der Waals surface area (Å²) in [4.78, 5) is 25.9. The number of benzene rings is 1. The fourth-order valence-corrected chi connectivity index (χ4v) is 2.74. The molecule has 0 saturated carbocycles. The van der Waals surface area contributed by atoms with E-state index in [4.69, 9.17) is 9.47 Å². The van der Waals surface area contributed by atoms with Crippen molar-refractivity contribution in [1.29, 1.82) is 0 Å². The Kier molecular flexibility index (Phi) is 6.85. The summed E-state index contributed by atoms with van der Waals surface area (Å²) in [6, 6.07) is 7.58. The third kappa shape index (κ3) is 5.11. The van der Waals surface area contributed by atoms with E-state index in [1.165, 1.54) is 0 Å². The molecule has 0 radical (unpaired) electrons. The van der Waals surface area contributed by atoms with Crippen molar-refractivity contribution in [2.24, 2.45) is 5.92 Å². The van der Waals surface area contributed by atoms with E-state index in [1.54, 1.807) is 24.0 Å².